The zero-order valence-electron chi connectivity index (χ0n) is 14.4. The van der Waals surface area contributed by atoms with Gasteiger partial charge in [-0.05, 0) is 61.0 Å². The zero-order chi connectivity index (χ0) is 17.6. The van der Waals surface area contributed by atoms with Gasteiger partial charge in [-0.3, -0.25) is 4.98 Å². The molecule has 0 unspecified atom stereocenters. The van der Waals surface area contributed by atoms with Gasteiger partial charge in [0.25, 0.3) is 0 Å². The molecule has 4 heteroatoms. The summed E-state index contributed by atoms with van der Waals surface area (Å²) >= 11 is 0. The van der Waals surface area contributed by atoms with Crippen molar-refractivity contribution in [2.45, 2.75) is 6.42 Å². The predicted octanol–water partition coefficient (Wildman–Crippen LogP) is 5.04. The van der Waals surface area contributed by atoms with Crippen LogP contribution in [-0.2, 0) is 0 Å². The Morgan fingerprint density at radius 2 is 1.54 bits per heavy atom. The Balaban J connectivity index is 1.50. The number of ether oxygens (including phenoxy) is 2. The van der Waals surface area contributed by atoms with Gasteiger partial charge in [-0.1, -0.05) is 24.3 Å². The van der Waals surface area contributed by atoms with Crippen LogP contribution in [0.2, 0.25) is 0 Å². The summed E-state index contributed by atoms with van der Waals surface area (Å²) in [5, 5.41) is 3.39. The van der Waals surface area contributed by atoms with E-state index in [1.165, 1.54) is 5.57 Å². The minimum absolute atomic E-state index is 0.766. The Kier molecular flexibility index (Phi) is 4.94. The topological polar surface area (TPSA) is 43.4 Å². The molecular formula is C22H20N2O2. The summed E-state index contributed by atoms with van der Waals surface area (Å²) in [6.07, 6.45) is 6.88. The van der Waals surface area contributed by atoms with Crippen LogP contribution >= 0.6 is 0 Å². The lowest BCUT2D eigenvalue weighted by molar-refractivity contribution is 0.468. The lowest BCUT2D eigenvalue weighted by Gasteiger charge is -2.17. The second-order valence-corrected chi connectivity index (χ2v) is 6.06. The molecule has 2 heterocycles. The van der Waals surface area contributed by atoms with Crippen LogP contribution in [0.4, 0.5) is 0 Å². The third-order valence-corrected chi connectivity index (χ3v) is 4.18. The number of hydrogen-bond acceptors (Lipinski definition) is 4. The number of benzene rings is 2. The lowest BCUT2D eigenvalue weighted by Crippen LogP contribution is -2.21. The molecule has 1 aliphatic rings. The number of para-hydroxylation sites is 1. The summed E-state index contributed by atoms with van der Waals surface area (Å²) in [7, 11) is 0. The van der Waals surface area contributed by atoms with Crippen LogP contribution in [-0.4, -0.2) is 18.1 Å². The van der Waals surface area contributed by atoms with Crippen molar-refractivity contribution in [2.75, 3.05) is 13.1 Å². The Hall–Kier alpha value is -3.11. The first kappa shape index (κ1) is 16.4. The van der Waals surface area contributed by atoms with Crippen molar-refractivity contribution in [3.05, 3.63) is 84.7 Å². The Morgan fingerprint density at radius 3 is 2.27 bits per heavy atom. The molecule has 1 aromatic heterocycles. The molecule has 0 saturated carbocycles. The first-order chi connectivity index (χ1) is 12.9. The standard InChI is InChI=1S/C22H20N2O2/c1-2-6-18(7-3-1)25-19-8-10-20(11-9-19)26-22-12-14-24-16-21(22)17-5-4-13-23-15-17/h1-3,5-12,14,16,23H,4,13,15H2. The summed E-state index contributed by atoms with van der Waals surface area (Å²) < 4.78 is 11.9. The Morgan fingerprint density at radius 1 is 0.808 bits per heavy atom. The molecule has 1 aliphatic heterocycles. The Labute approximate surface area is 153 Å². The van der Waals surface area contributed by atoms with E-state index in [1.54, 1.807) is 6.20 Å². The number of nitrogens with one attached hydrogen (secondary N) is 1. The van der Waals surface area contributed by atoms with Gasteiger partial charge in [-0.25, -0.2) is 0 Å². The summed E-state index contributed by atoms with van der Waals surface area (Å²) in [5.41, 5.74) is 2.26. The molecule has 2 aromatic carbocycles. The molecule has 0 saturated heterocycles. The van der Waals surface area contributed by atoms with E-state index in [2.05, 4.69) is 16.4 Å². The highest BCUT2D eigenvalue weighted by atomic mass is 16.5. The maximum absolute atomic E-state index is 6.10. The number of nitrogens with zero attached hydrogens (tertiary/aromatic N) is 1. The molecule has 0 amide bonds. The summed E-state index contributed by atoms with van der Waals surface area (Å²) in [4.78, 5) is 4.25. The average molecular weight is 344 g/mol. The van der Waals surface area contributed by atoms with E-state index >= 15 is 0 Å². The van der Waals surface area contributed by atoms with Gasteiger partial charge >= 0.3 is 0 Å². The van der Waals surface area contributed by atoms with Gasteiger partial charge in [0, 0.05) is 24.5 Å². The highest BCUT2D eigenvalue weighted by molar-refractivity contribution is 5.72. The summed E-state index contributed by atoms with van der Waals surface area (Å²) in [5.74, 6) is 3.17. The van der Waals surface area contributed by atoms with Crippen LogP contribution in [0, 0.1) is 0 Å². The van der Waals surface area contributed by atoms with E-state index < -0.39 is 0 Å². The first-order valence-corrected chi connectivity index (χ1v) is 8.73. The summed E-state index contributed by atoms with van der Waals surface area (Å²) in [6, 6.07) is 19.3. The van der Waals surface area contributed by atoms with E-state index in [9.17, 15) is 0 Å². The van der Waals surface area contributed by atoms with E-state index in [-0.39, 0.29) is 0 Å². The van der Waals surface area contributed by atoms with Gasteiger partial charge in [-0.2, -0.15) is 0 Å². The highest BCUT2D eigenvalue weighted by Crippen LogP contribution is 2.31. The van der Waals surface area contributed by atoms with E-state index in [1.807, 2.05) is 66.9 Å². The molecule has 130 valence electrons. The molecule has 26 heavy (non-hydrogen) atoms. The van der Waals surface area contributed by atoms with Crippen LogP contribution in [0.25, 0.3) is 5.57 Å². The van der Waals surface area contributed by atoms with Crippen molar-refractivity contribution in [3.8, 4) is 23.0 Å². The van der Waals surface area contributed by atoms with Gasteiger partial charge in [0.15, 0.2) is 0 Å². The van der Waals surface area contributed by atoms with Crippen LogP contribution in [0.15, 0.2) is 79.1 Å². The van der Waals surface area contributed by atoms with Crippen LogP contribution < -0.4 is 14.8 Å². The number of hydrogen-bond donors (Lipinski definition) is 1. The molecule has 0 fully saturated rings. The normalized spacial score (nSPS) is 13.8. The number of rotatable bonds is 5. The van der Waals surface area contributed by atoms with Gasteiger partial charge < -0.3 is 14.8 Å². The van der Waals surface area contributed by atoms with Crippen LogP contribution in [0.1, 0.15) is 12.0 Å². The SMILES string of the molecule is C1=C(c2cnccc2Oc2ccc(Oc3ccccc3)cc2)CNCC1. The molecule has 1 N–H and O–H groups in total. The zero-order valence-corrected chi connectivity index (χ0v) is 14.4. The van der Waals surface area contributed by atoms with Crippen LogP contribution in [0.3, 0.4) is 0 Å². The molecule has 0 spiro atoms. The molecule has 3 aromatic rings. The van der Waals surface area contributed by atoms with E-state index in [4.69, 9.17) is 9.47 Å². The second-order valence-electron chi connectivity index (χ2n) is 6.06. The van der Waals surface area contributed by atoms with Gasteiger partial charge in [-0.15, -0.1) is 0 Å². The first-order valence-electron chi connectivity index (χ1n) is 8.73. The maximum atomic E-state index is 6.10. The third kappa shape index (κ3) is 3.92. The fraction of sp³-hybridized carbons (Fsp3) is 0.136. The Bertz CT molecular complexity index is 890. The molecule has 0 radical (unpaired) electrons. The molecular weight excluding hydrogens is 324 g/mol. The highest BCUT2D eigenvalue weighted by Gasteiger charge is 2.12. The third-order valence-electron chi connectivity index (χ3n) is 4.18. The number of aromatic nitrogens is 1. The van der Waals surface area contributed by atoms with Crippen molar-refractivity contribution >= 4 is 5.57 Å². The lowest BCUT2D eigenvalue weighted by atomic mass is 10.0. The minimum atomic E-state index is 0.766. The fourth-order valence-electron chi connectivity index (χ4n) is 2.89. The molecule has 4 rings (SSSR count). The number of pyridine rings is 1. The molecule has 0 aliphatic carbocycles. The van der Waals surface area contributed by atoms with Crippen molar-refractivity contribution in [2.24, 2.45) is 0 Å². The van der Waals surface area contributed by atoms with Crippen molar-refractivity contribution in [1.29, 1.82) is 0 Å². The predicted molar refractivity (Wildman–Crippen MR) is 103 cm³/mol. The smallest absolute Gasteiger partial charge is 0.138 e. The molecule has 0 bridgehead atoms. The maximum Gasteiger partial charge on any atom is 0.138 e. The van der Waals surface area contributed by atoms with Crippen LogP contribution in [0.5, 0.6) is 23.0 Å². The van der Waals surface area contributed by atoms with Gasteiger partial charge in [0.1, 0.15) is 23.0 Å². The summed E-state index contributed by atoms with van der Waals surface area (Å²) in [6.45, 7) is 1.86. The minimum Gasteiger partial charge on any atom is -0.457 e. The van der Waals surface area contributed by atoms with Gasteiger partial charge in [0.05, 0.1) is 0 Å². The van der Waals surface area contributed by atoms with Gasteiger partial charge in [0.2, 0.25) is 0 Å². The monoisotopic (exact) mass is 344 g/mol. The quantitative estimate of drug-likeness (QED) is 0.704. The largest absolute Gasteiger partial charge is 0.457 e. The average Bonchev–Trinajstić information content (AvgIpc) is 2.71. The fourth-order valence-corrected chi connectivity index (χ4v) is 2.89. The molecule has 0 atom stereocenters. The van der Waals surface area contributed by atoms with E-state index in [0.717, 1.165) is 48.1 Å². The van der Waals surface area contributed by atoms with E-state index in [0.29, 0.717) is 0 Å². The van der Waals surface area contributed by atoms with Crippen molar-refractivity contribution in [3.63, 3.8) is 0 Å². The van der Waals surface area contributed by atoms with Crippen molar-refractivity contribution in [1.82, 2.24) is 10.3 Å². The van der Waals surface area contributed by atoms with Crippen molar-refractivity contribution < 1.29 is 9.47 Å². The molecule has 4 nitrogen and oxygen atoms in total. The second kappa shape index (κ2) is 7.85.